The second-order valence-corrected chi connectivity index (χ2v) is 16.3. The first-order chi connectivity index (χ1) is 26.7. The number of hydrogen-bond donors (Lipinski definition) is 0. The zero-order valence-electron chi connectivity index (χ0n) is 32.4. The minimum Gasteiger partial charge on any atom is -0.458 e. The minimum atomic E-state index is 0.0646. The summed E-state index contributed by atoms with van der Waals surface area (Å²) in [6.07, 6.45) is 0. The average Bonchev–Trinajstić information content (AvgIpc) is 3.74. The molecule has 1 aliphatic heterocycles. The van der Waals surface area contributed by atoms with E-state index in [1.54, 1.807) is 0 Å². The number of rotatable bonds is 6. The fraction of sp³-hybridized carbons (Fsp3) is 0.176. The lowest BCUT2D eigenvalue weighted by Gasteiger charge is -2.32. The van der Waals surface area contributed by atoms with Crippen molar-refractivity contribution in [1.82, 2.24) is 4.57 Å². The van der Waals surface area contributed by atoms with Crippen LogP contribution >= 0.6 is 0 Å². The van der Waals surface area contributed by atoms with E-state index in [2.05, 4.69) is 174 Å². The van der Waals surface area contributed by atoms with Gasteiger partial charge < -0.3 is 13.7 Å². The molecule has 0 amide bonds. The monoisotopic (exact) mass is 713 g/mol. The highest BCUT2D eigenvalue weighted by Gasteiger charge is 2.36. The van der Waals surface area contributed by atoms with Gasteiger partial charge in [-0.05, 0) is 105 Å². The lowest BCUT2D eigenvalue weighted by Crippen LogP contribution is -2.57. The van der Waals surface area contributed by atoms with Gasteiger partial charge in [0.25, 0.3) is 6.71 Å². The van der Waals surface area contributed by atoms with Gasteiger partial charge in [0.2, 0.25) is 0 Å². The average molecular weight is 714 g/mol. The van der Waals surface area contributed by atoms with Crippen LogP contribution in [0.25, 0.3) is 60.6 Å². The molecule has 0 fully saturated rings. The van der Waals surface area contributed by atoms with Crippen molar-refractivity contribution >= 4 is 66.8 Å². The van der Waals surface area contributed by atoms with Crippen LogP contribution < -0.4 is 21.1 Å². The Morgan fingerprint density at radius 3 is 1.89 bits per heavy atom. The summed E-state index contributed by atoms with van der Waals surface area (Å²) in [5, 5.41) is 4.73. The van der Waals surface area contributed by atoms with Crippen LogP contribution in [0.4, 0.5) is 0 Å². The fourth-order valence-corrected chi connectivity index (χ4v) is 9.08. The Morgan fingerprint density at radius 1 is 0.473 bits per heavy atom. The molecule has 2 aromatic heterocycles. The molecule has 0 spiro atoms. The van der Waals surface area contributed by atoms with Crippen LogP contribution in [0.2, 0.25) is 0 Å². The quantitative estimate of drug-likeness (QED) is 0.160. The van der Waals surface area contributed by atoms with Crippen LogP contribution in [0.15, 0.2) is 144 Å². The van der Waals surface area contributed by atoms with Gasteiger partial charge in [-0.1, -0.05) is 132 Å². The van der Waals surface area contributed by atoms with E-state index >= 15 is 0 Å². The fourth-order valence-electron chi connectivity index (χ4n) is 9.08. The molecule has 268 valence electrons. The van der Waals surface area contributed by atoms with Gasteiger partial charge in [0.1, 0.15) is 22.7 Å². The third-order valence-corrected chi connectivity index (χ3v) is 11.9. The first-order valence-corrected chi connectivity index (χ1v) is 19.8. The summed E-state index contributed by atoms with van der Waals surface area (Å²) in [4.78, 5) is 0. The summed E-state index contributed by atoms with van der Waals surface area (Å²) in [6.45, 7) is 14.0. The van der Waals surface area contributed by atoms with E-state index < -0.39 is 0 Å². The molecule has 0 unspecified atom stereocenters. The molecule has 3 heterocycles. The first kappa shape index (κ1) is 33.6. The number of furan rings is 1. The van der Waals surface area contributed by atoms with Gasteiger partial charge in [-0.25, -0.2) is 0 Å². The Labute approximate surface area is 323 Å². The smallest absolute Gasteiger partial charge is 0.251 e. The predicted molar refractivity (Wildman–Crippen MR) is 233 cm³/mol. The third kappa shape index (κ3) is 5.33. The number of para-hydroxylation sites is 3. The maximum Gasteiger partial charge on any atom is 0.251 e. The van der Waals surface area contributed by atoms with E-state index in [0.29, 0.717) is 17.8 Å². The van der Waals surface area contributed by atoms with Crippen molar-refractivity contribution in [1.29, 1.82) is 0 Å². The zero-order chi connectivity index (χ0) is 37.5. The van der Waals surface area contributed by atoms with E-state index in [4.69, 9.17) is 9.15 Å². The predicted octanol–water partition coefficient (Wildman–Crippen LogP) is 12.3. The maximum absolute atomic E-state index is 6.87. The third-order valence-electron chi connectivity index (χ3n) is 11.9. The number of ether oxygens (including phenoxy) is 1. The van der Waals surface area contributed by atoms with E-state index in [0.717, 1.165) is 55.8 Å². The second kappa shape index (κ2) is 12.8. The van der Waals surface area contributed by atoms with Crippen LogP contribution in [0.1, 0.15) is 76.0 Å². The molecule has 0 radical (unpaired) electrons. The van der Waals surface area contributed by atoms with Crippen molar-refractivity contribution in [3.63, 3.8) is 0 Å². The highest BCUT2D eigenvalue weighted by Crippen LogP contribution is 2.38. The molecule has 7 aromatic carbocycles. The second-order valence-electron chi connectivity index (χ2n) is 16.3. The summed E-state index contributed by atoms with van der Waals surface area (Å²) in [6, 6.07) is 50.9. The molecule has 3 nitrogen and oxygen atoms in total. The number of benzene rings is 7. The van der Waals surface area contributed by atoms with Gasteiger partial charge >= 0.3 is 0 Å². The van der Waals surface area contributed by atoms with Gasteiger partial charge in [-0.2, -0.15) is 0 Å². The van der Waals surface area contributed by atoms with E-state index in [1.807, 2.05) is 12.1 Å². The summed E-state index contributed by atoms with van der Waals surface area (Å²) in [7, 11) is 0. The van der Waals surface area contributed by atoms with Gasteiger partial charge in [0, 0.05) is 33.3 Å². The van der Waals surface area contributed by atoms with Crippen molar-refractivity contribution in [2.24, 2.45) is 0 Å². The van der Waals surface area contributed by atoms with Crippen LogP contribution in [0.3, 0.4) is 0 Å². The Kier molecular flexibility index (Phi) is 7.82. The molecular formula is C51H44BNO2. The number of nitrogens with zero attached hydrogens (tertiary/aromatic N) is 1. The minimum absolute atomic E-state index is 0.0646. The van der Waals surface area contributed by atoms with Crippen molar-refractivity contribution in [3.8, 4) is 28.3 Å². The zero-order valence-corrected chi connectivity index (χ0v) is 32.4. The Morgan fingerprint density at radius 2 is 1.11 bits per heavy atom. The highest BCUT2D eigenvalue weighted by molar-refractivity contribution is 6.97. The van der Waals surface area contributed by atoms with E-state index in [9.17, 15) is 0 Å². The van der Waals surface area contributed by atoms with E-state index in [1.165, 1.54) is 49.4 Å². The molecule has 55 heavy (non-hydrogen) atoms. The number of hydrogen-bond acceptors (Lipinski definition) is 2. The summed E-state index contributed by atoms with van der Waals surface area (Å²) in [5.41, 5.74) is 15.7. The molecule has 0 saturated heterocycles. The van der Waals surface area contributed by atoms with Gasteiger partial charge in [0.15, 0.2) is 0 Å². The van der Waals surface area contributed by atoms with Gasteiger partial charge in [0.05, 0.1) is 11.0 Å². The van der Waals surface area contributed by atoms with Crippen molar-refractivity contribution in [2.75, 3.05) is 0 Å². The van der Waals surface area contributed by atoms with Crippen LogP contribution in [0.5, 0.6) is 11.5 Å². The molecule has 0 saturated carbocycles. The van der Waals surface area contributed by atoms with Crippen molar-refractivity contribution < 1.29 is 9.15 Å². The first-order valence-electron chi connectivity index (χ1n) is 19.8. The maximum atomic E-state index is 6.87. The molecule has 9 aromatic rings. The summed E-state index contributed by atoms with van der Waals surface area (Å²) < 4.78 is 15.5. The van der Waals surface area contributed by atoms with Crippen LogP contribution in [-0.2, 0) is 0 Å². The molecule has 0 atom stereocenters. The molecule has 1 aliphatic rings. The lowest BCUT2D eigenvalue weighted by atomic mass is 9.34. The molecule has 0 N–H and O–H groups in total. The molecular weight excluding hydrogens is 669 g/mol. The topological polar surface area (TPSA) is 27.3 Å². The van der Waals surface area contributed by atoms with Crippen LogP contribution in [0, 0.1) is 0 Å². The lowest BCUT2D eigenvalue weighted by molar-refractivity contribution is 0.487. The standard InChI is InChI=1S/C51H44BNO2/c1-30(2)35-26-40(31(3)4)51(41(27-35)32(5)6)52-43-15-9-12-18-48(43)55-50-29-36(21-23-44(50)52)53-45-16-10-7-13-37(45)42-25-33(20-24-46(42)53)34-19-22-39-38-14-8-11-17-47(38)54-49(39)28-34/h7-32H,1-6H3. The molecule has 0 bridgehead atoms. The Bertz CT molecular complexity index is 2930. The molecule has 0 aliphatic carbocycles. The molecule has 10 rings (SSSR count). The largest absolute Gasteiger partial charge is 0.458 e. The van der Waals surface area contributed by atoms with E-state index in [-0.39, 0.29) is 6.71 Å². The summed E-state index contributed by atoms with van der Waals surface area (Å²) in [5.74, 6) is 3.07. The van der Waals surface area contributed by atoms with Crippen molar-refractivity contribution in [2.45, 2.75) is 59.3 Å². The number of fused-ring (bicyclic) bond motifs is 8. The SMILES string of the molecule is CC(C)c1cc(C(C)C)c(B2c3ccccc3Oc3cc(-n4c5ccccc5c5cc(-c6ccc7c(c6)oc6ccccc67)ccc54)ccc32)c(C(C)C)c1. The van der Waals surface area contributed by atoms with Gasteiger partial charge in [-0.3, -0.25) is 0 Å². The van der Waals surface area contributed by atoms with Crippen LogP contribution in [-0.4, -0.2) is 11.3 Å². The van der Waals surface area contributed by atoms with Gasteiger partial charge in [-0.15, -0.1) is 0 Å². The van der Waals surface area contributed by atoms with Crippen molar-refractivity contribution in [3.05, 3.63) is 156 Å². The summed E-state index contributed by atoms with van der Waals surface area (Å²) >= 11 is 0. The highest BCUT2D eigenvalue weighted by atomic mass is 16.5. The Hall–Kier alpha value is -6.00. The molecule has 4 heteroatoms. The normalized spacial score (nSPS) is 12.8. The number of aromatic nitrogens is 1. The Balaban J connectivity index is 1.14.